The summed E-state index contributed by atoms with van der Waals surface area (Å²) in [6.45, 7) is -0.440. The highest BCUT2D eigenvalue weighted by molar-refractivity contribution is 4.88. The van der Waals surface area contributed by atoms with Gasteiger partial charge in [0.05, 0.1) is 6.61 Å². The van der Waals surface area contributed by atoms with Gasteiger partial charge in [-0.3, -0.25) is 0 Å². The molecule has 4 N–H and O–H groups in total. The average Bonchev–Trinajstić information content (AvgIpc) is 2.15. The van der Waals surface area contributed by atoms with Gasteiger partial charge in [0.1, 0.15) is 24.4 Å². The van der Waals surface area contributed by atoms with Crippen LogP contribution in [0.2, 0.25) is 0 Å². The van der Waals surface area contributed by atoms with Crippen molar-refractivity contribution < 1.29 is 29.9 Å². The topological polar surface area (TPSA) is 99.4 Å². The maximum Gasteiger partial charge on any atom is 0.186 e. The van der Waals surface area contributed by atoms with E-state index < -0.39 is 37.3 Å². The van der Waals surface area contributed by atoms with Gasteiger partial charge in [0.25, 0.3) is 0 Å². The van der Waals surface area contributed by atoms with Gasteiger partial charge in [0.15, 0.2) is 6.29 Å². The summed E-state index contributed by atoms with van der Waals surface area (Å²) in [6, 6.07) is 0. The van der Waals surface area contributed by atoms with Gasteiger partial charge in [0, 0.05) is 7.11 Å². The fraction of sp³-hybridized carbons (Fsp3) is 1.00. The monoisotopic (exact) mass is 197 g/mol. The molecule has 1 rings (SSSR count). The van der Waals surface area contributed by atoms with Gasteiger partial charge in [0.2, 0.25) is 0 Å². The number of aliphatic hydroxyl groups excluding tert-OH is 4. The lowest BCUT2D eigenvalue weighted by molar-refractivity contribution is -0.294. The Morgan fingerprint density at radius 1 is 1.15 bits per heavy atom. The van der Waals surface area contributed by atoms with Gasteiger partial charge in [-0.05, 0) is 0 Å². The second kappa shape index (κ2) is 4.32. The molecule has 1 aliphatic rings. The molecule has 0 aromatic rings. The largest absolute Gasteiger partial charge is 0.394 e. The fourth-order valence-corrected chi connectivity index (χ4v) is 1.26. The fourth-order valence-electron chi connectivity index (χ4n) is 1.26. The number of hydrogen-bond donors (Lipinski definition) is 4. The highest BCUT2D eigenvalue weighted by Crippen LogP contribution is 2.20. The number of hydrogen-bond acceptors (Lipinski definition) is 6. The van der Waals surface area contributed by atoms with Crippen molar-refractivity contribution in [1.82, 2.24) is 0 Å². The van der Waals surface area contributed by atoms with Gasteiger partial charge >= 0.3 is 0 Å². The van der Waals surface area contributed by atoms with Crippen LogP contribution in [0.3, 0.4) is 0 Å². The molecule has 0 bridgehead atoms. The van der Waals surface area contributed by atoms with Gasteiger partial charge in [-0.25, -0.2) is 0 Å². The molecule has 1 fully saturated rings. The average molecular weight is 197 g/mol. The zero-order valence-corrected chi connectivity index (χ0v) is 7.20. The van der Waals surface area contributed by atoms with E-state index in [1.807, 2.05) is 0 Å². The molecule has 0 saturated carbocycles. The van der Waals surface area contributed by atoms with Crippen molar-refractivity contribution in [3.63, 3.8) is 0 Å². The number of ether oxygens (including phenoxy) is 2. The summed E-state index contributed by atoms with van der Waals surface area (Å²) >= 11 is 0. The first-order valence-corrected chi connectivity index (χ1v) is 3.95. The minimum Gasteiger partial charge on any atom is -0.394 e. The number of methoxy groups -OCH3 is 1. The lowest BCUT2D eigenvalue weighted by Crippen LogP contribution is -2.58. The van der Waals surface area contributed by atoms with E-state index in [1.165, 1.54) is 7.11 Å². The van der Waals surface area contributed by atoms with E-state index in [4.69, 9.17) is 14.6 Å². The van der Waals surface area contributed by atoms with Crippen LogP contribution in [0.1, 0.15) is 0 Å². The van der Waals surface area contributed by atoms with Gasteiger partial charge < -0.3 is 29.9 Å². The Kier molecular flexibility index (Phi) is 3.60. The number of aliphatic hydroxyl groups is 4. The summed E-state index contributed by atoms with van der Waals surface area (Å²) < 4.78 is 9.65. The van der Waals surface area contributed by atoms with E-state index in [-0.39, 0.29) is 0 Å². The van der Waals surface area contributed by atoms with E-state index in [0.29, 0.717) is 0 Å². The second-order valence-electron chi connectivity index (χ2n) is 2.93. The van der Waals surface area contributed by atoms with Crippen LogP contribution in [-0.2, 0) is 9.47 Å². The minimum atomic E-state index is -1.36. The normalized spacial score (nSPS) is 46.4. The predicted molar refractivity (Wildman–Crippen MR) is 40.8 cm³/mol. The van der Waals surface area contributed by atoms with Crippen molar-refractivity contribution in [2.45, 2.75) is 30.7 Å². The van der Waals surface area contributed by atoms with Gasteiger partial charge in [-0.2, -0.15) is 0 Å². The Balaban J connectivity index is 2.66. The lowest BCUT2D eigenvalue weighted by atomic mass is 10.2. The molecule has 78 valence electrons. The maximum atomic E-state index is 9.28. The Morgan fingerprint density at radius 3 is 2.23 bits per heavy atom. The molecule has 13 heavy (non-hydrogen) atoms. The summed E-state index contributed by atoms with van der Waals surface area (Å²) in [4.78, 5) is 0. The third-order valence-corrected chi connectivity index (χ3v) is 2.08. The highest BCUT2D eigenvalue weighted by atomic mass is 16.8. The molecule has 1 saturated heterocycles. The van der Waals surface area contributed by atoms with Crippen molar-refractivity contribution in [3.05, 3.63) is 0 Å². The Bertz CT molecular complexity index is 143. The minimum absolute atomic E-state index is 0.440. The van der Waals surface area contributed by atoms with Crippen LogP contribution in [-0.4, -0.2) is 64.8 Å². The standard InChI is InChI=1S/C7H14O6/c1-12-7-6(11)5(10)4(9)3(2-8)13-7/h3-11H,2H2,1H3/t3-,4-,5+,6-,7+/m1/s1/i2+1,3+1,4+1. The van der Waals surface area contributed by atoms with E-state index in [9.17, 15) is 15.3 Å². The van der Waals surface area contributed by atoms with Crippen LogP contribution >= 0.6 is 0 Å². The molecule has 0 aromatic heterocycles. The van der Waals surface area contributed by atoms with Crippen LogP contribution in [0.25, 0.3) is 0 Å². The molecule has 1 heterocycles. The van der Waals surface area contributed by atoms with E-state index in [0.717, 1.165) is 0 Å². The number of rotatable bonds is 2. The van der Waals surface area contributed by atoms with Crippen molar-refractivity contribution in [1.29, 1.82) is 0 Å². The lowest BCUT2D eigenvalue weighted by Gasteiger charge is -2.38. The molecule has 5 atom stereocenters. The molecule has 0 spiro atoms. The summed E-state index contributed by atoms with van der Waals surface area (Å²) in [7, 11) is 1.30. The van der Waals surface area contributed by atoms with Crippen LogP contribution in [0, 0.1) is 0 Å². The molecule has 0 amide bonds. The Hall–Kier alpha value is -0.240. The molecule has 6 nitrogen and oxygen atoms in total. The molecule has 0 aromatic carbocycles. The van der Waals surface area contributed by atoms with E-state index in [1.54, 1.807) is 0 Å². The summed E-state index contributed by atoms with van der Waals surface area (Å²) in [5.74, 6) is 0. The quantitative estimate of drug-likeness (QED) is 0.363. The molecule has 6 heteroatoms. The van der Waals surface area contributed by atoms with Crippen molar-refractivity contribution in [2.24, 2.45) is 0 Å². The second-order valence-corrected chi connectivity index (χ2v) is 2.93. The van der Waals surface area contributed by atoms with E-state index >= 15 is 0 Å². The molecule has 1 aliphatic heterocycles. The van der Waals surface area contributed by atoms with Gasteiger partial charge in [-0.15, -0.1) is 0 Å². The molecule has 0 radical (unpaired) electrons. The highest BCUT2D eigenvalue weighted by Gasteiger charge is 2.43. The van der Waals surface area contributed by atoms with Crippen molar-refractivity contribution in [2.75, 3.05) is 13.7 Å². The molecular weight excluding hydrogens is 183 g/mol. The molecule has 0 unspecified atom stereocenters. The summed E-state index contributed by atoms with van der Waals surface area (Å²) in [5, 5.41) is 36.6. The summed E-state index contributed by atoms with van der Waals surface area (Å²) in [6.07, 6.45) is -5.91. The molecular formula is C7H14O6. The van der Waals surface area contributed by atoms with Crippen LogP contribution in [0.5, 0.6) is 0 Å². The Labute approximate surface area is 75.3 Å². The first-order valence-electron chi connectivity index (χ1n) is 3.95. The maximum absolute atomic E-state index is 9.28. The zero-order valence-electron chi connectivity index (χ0n) is 7.20. The Morgan fingerprint density at radius 2 is 1.77 bits per heavy atom. The van der Waals surface area contributed by atoms with Gasteiger partial charge in [-0.1, -0.05) is 0 Å². The van der Waals surface area contributed by atoms with Crippen LogP contribution in [0.4, 0.5) is 0 Å². The summed E-state index contributed by atoms with van der Waals surface area (Å²) in [5.41, 5.74) is 0. The van der Waals surface area contributed by atoms with E-state index in [2.05, 4.69) is 0 Å². The predicted octanol–water partition coefficient (Wildman–Crippen LogP) is -2.57. The van der Waals surface area contributed by atoms with Crippen LogP contribution in [0.15, 0.2) is 0 Å². The third-order valence-electron chi connectivity index (χ3n) is 2.08. The first-order chi connectivity index (χ1) is 6.11. The van der Waals surface area contributed by atoms with Crippen molar-refractivity contribution >= 4 is 0 Å². The van der Waals surface area contributed by atoms with Crippen LogP contribution < -0.4 is 0 Å². The van der Waals surface area contributed by atoms with Crippen molar-refractivity contribution in [3.8, 4) is 0 Å². The SMILES string of the molecule is CO[C@H]1O[13C@H]([13CH2]O)[13C@@H](O)[C@H](O)[C@H]1O. The molecule has 0 aliphatic carbocycles. The first kappa shape index (κ1) is 10.8. The zero-order chi connectivity index (χ0) is 10.0. The third kappa shape index (κ3) is 1.98. The smallest absolute Gasteiger partial charge is 0.186 e.